The van der Waals surface area contributed by atoms with Crippen LogP contribution >= 0.6 is 0 Å². The van der Waals surface area contributed by atoms with Gasteiger partial charge in [0, 0.05) is 0 Å². The third-order valence-electron chi connectivity index (χ3n) is 2.15. The van der Waals surface area contributed by atoms with Crippen LogP contribution in [-0.4, -0.2) is 36.1 Å². The second-order valence-corrected chi connectivity index (χ2v) is 4.82. The molecule has 0 spiro atoms. The summed E-state index contributed by atoms with van der Waals surface area (Å²) in [4.78, 5) is 16.2. The van der Waals surface area contributed by atoms with Crippen molar-refractivity contribution < 1.29 is 18.4 Å². The third-order valence-corrected chi connectivity index (χ3v) is 2.15. The van der Waals surface area contributed by atoms with Crippen LogP contribution in [0.2, 0.25) is 0 Å². The molecule has 0 aromatic rings. The molecule has 0 amide bonds. The van der Waals surface area contributed by atoms with Crippen LogP contribution in [0.25, 0.3) is 0 Å². The van der Waals surface area contributed by atoms with Gasteiger partial charge in [0.15, 0.2) is 0 Å². The monoisotopic (exact) mass is 222 g/mol. The van der Waals surface area contributed by atoms with Crippen molar-refractivity contribution in [3.63, 3.8) is 0 Å². The highest BCUT2D eigenvalue weighted by atomic mass is 19.3. The molecule has 6 heteroatoms. The summed E-state index contributed by atoms with van der Waals surface area (Å²) in [6.07, 6.45) is 0. The molecule has 0 saturated carbocycles. The van der Waals surface area contributed by atoms with Crippen LogP contribution in [-0.2, 0) is 9.63 Å². The average molecular weight is 222 g/mol. The number of carbonyl (C=O) groups excluding carboxylic acids is 1. The van der Waals surface area contributed by atoms with E-state index in [2.05, 4.69) is 0 Å². The second kappa shape index (κ2) is 3.68. The molecule has 1 aliphatic heterocycles. The summed E-state index contributed by atoms with van der Waals surface area (Å²) in [5.41, 5.74) is 4.50. The van der Waals surface area contributed by atoms with Crippen LogP contribution in [0.15, 0.2) is 0 Å². The molecule has 4 nitrogen and oxygen atoms in total. The van der Waals surface area contributed by atoms with E-state index in [1.807, 2.05) is 0 Å². The minimum atomic E-state index is -2.99. The molecule has 1 rings (SSSR count). The molecule has 15 heavy (non-hydrogen) atoms. The summed E-state index contributed by atoms with van der Waals surface area (Å²) in [6.45, 7) is 4.21. The number of halogens is 2. The lowest BCUT2D eigenvalue weighted by atomic mass is 9.98. The molecule has 88 valence electrons. The van der Waals surface area contributed by atoms with Crippen molar-refractivity contribution in [2.75, 3.05) is 13.1 Å². The highest BCUT2D eigenvalue weighted by Crippen LogP contribution is 2.27. The Kier molecular flexibility index (Phi) is 3.02. The molecular formula is C9H16F2N2O2. The first-order chi connectivity index (χ1) is 6.63. The van der Waals surface area contributed by atoms with E-state index in [1.165, 1.54) is 0 Å². The van der Waals surface area contributed by atoms with Crippen molar-refractivity contribution in [1.29, 1.82) is 0 Å². The maximum atomic E-state index is 13.0. The first kappa shape index (κ1) is 12.3. The number of rotatable bonds is 1. The zero-order chi connectivity index (χ0) is 11.9. The lowest BCUT2D eigenvalue weighted by molar-refractivity contribution is -0.199. The minimum absolute atomic E-state index is 0.130. The van der Waals surface area contributed by atoms with E-state index < -0.39 is 29.9 Å². The fourth-order valence-electron chi connectivity index (χ4n) is 1.09. The Hall–Kier alpha value is -0.750. The van der Waals surface area contributed by atoms with Crippen molar-refractivity contribution in [1.82, 2.24) is 5.06 Å². The number of hydrogen-bond acceptors (Lipinski definition) is 4. The number of nitrogens with zero attached hydrogens (tertiary/aromatic N) is 1. The maximum Gasteiger partial charge on any atom is 0.330 e. The first-order valence-electron chi connectivity index (χ1n) is 4.74. The van der Waals surface area contributed by atoms with Crippen LogP contribution in [0.4, 0.5) is 8.78 Å². The quantitative estimate of drug-likeness (QED) is 0.712. The van der Waals surface area contributed by atoms with Crippen molar-refractivity contribution in [3.05, 3.63) is 0 Å². The molecule has 0 aromatic carbocycles. The normalized spacial score (nSPS) is 26.7. The molecule has 1 atom stereocenters. The van der Waals surface area contributed by atoms with Gasteiger partial charge in [-0.1, -0.05) is 0 Å². The Labute approximate surface area is 87.3 Å². The van der Waals surface area contributed by atoms with Gasteiger partial charge in [-0.3, -0.25) is 0 Å². The highest BCUT2D eigenvalue weighted by Gasteiger charge is 2.48. The number of hydroxylamine groups is 2. The number of nitrogens with two attached hydrogens (primary N) is 1. The Morgan fingerprint density at radius 1 is 1.53 bits per heavy atom. The third kappa shape index (κ3) is 2.85. The predicted molar refractivity (Wildman–Crippen MR) is 50.0 cm³/mol. The molecule has 0 aliphatic carbocycles. The Balaban J connectivity index is 2.54. The standard InChI is InChI=1S/C9H16F2N2O2/c1-8(2,3)7(14)15-13-4-6(12)9(10,11)5-13/h6H,4-5,12H2,1-3H3. The van der Waals surface area contributed by atoms with Gasteiger partial charge < -0.3 is 10.6 Å². The summed E-state index contributed by atoms with van der Waals surface area (Å²) in [6, 6.07) is -1.27. The van der Waals surface area contributed by atoms with Gasteiger partial charge in [-0.25, -0.2) is 13.6 Å². The predicted octanol–water partition coefficient (Wildman–Crippen LogP) is 0.769. The average Bonchev–Trinajstić information content (AvgIpc) is 2.23. The molecule has 0 aromatic heterocycles. The lowest BCUT2D eigenvalue weighted by Gasteiger charge is -2.21. The fourth-order valence-corrected chi connectivity index (χ4v) is 1.09. The van der Waals surface area contributed by atoms with Crippen LogP contribution < -0.4 is 5.73 Å². The summed E-state index contributed by atoms with van der Waals surface area (Å²) in [5, 5.41) is 0.929. The summed E-state index contributed by atoms with van der Waals surface area (Å²) in [7, 11) is 0. The smallest absolute Gasteiger partial charge is 0.330 e. The highest BCUT2D eigenvalue weighted by molar-refractivity contribution is 5.75. The number of hydrogen-bond donors (Lipinski definition) is 1. The molecular weight excluding hydrogens is 206 g/mol. The zero-order valence-electron chi connectivity index (χ0n) is 9.09. The molecule has 0 bridgehead atoms. The first-order valence-corrected chi connectivity index (χ1v) is 4.74. The fraction of sp³-hybridized carbons (Fsp3) is 0.889. The largest absolute Gasteiger partial charge is 0.367 e. The van der Waals surface area contributed by atoms with Crippen molar-refractivity contribution in [2.24, 2.45) is 11.1 Å². The van der Waals surface area contributed by atoms with Gasteiger partial charge in [0.05, 0.1) is 18.0 Å². The Morgan fingerprint density at radius 3 is 2.40 bits per heavy atom. The van der Waals surface area contributed by atoms with Gasteiger partial charge >= 0.3 is 5.97 Å². The van der Waals surface area contributed by atoms with Crippen LogP contribution in [0.3, 0.4) is 0 Å². The Morgan fingerprint density at radius 2 is 2.07 bits per heavy atom. The van der Waals surface area contributed by atoms with Crippen LogP contribution in [0.5, 0.6) is 0 Å². The molecule has 2 N–H and O–H groups in total. The van der Waals surface area contributed by atoms with Crippen molar-refractivity contribution >= 4 is 5.97 Å². The second-order valence-electron chi connectivity index (χ2n) is 4.82. The summed E-state index contributed by atoms with van der Waals surface area (Å²) in [5.74, 6) is -3.52. The lowest BCUT2D eigenvalue weighted by Crippen LogP contribution is -2.38. The van der Waals surface area contributed by atoms with Crippen molar-refractivity contribution in [3.8, 4) is 0 Å². The molecule has 1 unspecified atom stereocenters. The van der Waals surface area contributed by atoms with E-state index in [9.17, 15) is 13.6 Å². The summed E-state index contributed by atoms with van der Waals surface area (Å²) >= 11 is 0. The van der Waals surface area contributed by atoms with E-state index in [0.717, 1.165) is 5.06 Å². The topological polar surface area (TPSA) is 55.6 Å². The van der Waals surface area contributed by atoms with E-state index in [1.54, 1.807) is 20.8 Å². The molecule has 1 aliphatic rings. The number of carbonyl (C=O) groups is 1. The number of alkyl halides is 2. The van der Waals surface area contributed by atoms with Crippen LogP contribution in [0.1, 0.15) is 20.8 Å². The maximum absolute atomic E-state index is 13.0. The van der Waals surface area contributed by atoms with Gasteiger partial charge in [0.25, 0.3) is 5.92 Å². The van der Waals surface area contributed by atoms with Gasteiger partial charge in [-0.2, -0.15) is 0 Å². The minimum Gasteiger partial charge on any atom is -0.367 e. The van der Waals surface area contributed by atoms with Gasteiger partial charge in [-0.15, -0.1) is 5.06 Å². The van der Waals surface area contributed by atoms with E-state index in [-0.39, 0.29) is 6.54 Å². The van der Waals surface area contributed by atoms with E-state index >= 15 is 0 Å². The molecule has 0 radical (unpaired) electrons. The molecule has 1 fully saturated rings. The van der Waals surface area contributed by atoms with Gasteiger partial charge in [-0.05, 0) is 20.8 Å². The van der Waals surface area contributed by atoms with Gasteiger partial charge in [0.1, 0.15) is 6.54 Å². The SMILES string of the molecule is CC(C)(C)C(=O)ON1CC(N)C(F)(F)C1. The van der Waals surface area contributed by atoms with Crippen molar-refractivity contribution in [2.45, 2.75) is 32.7 Å². The van der Waals surface area contributed by atoms with Gasteiger partial charge in [0.2, 0.25) is 0 Å². The van der Waals surface area contributed by atoms with E-state index in [0.29, 0.717) is 0 Å². The van der Waals surface area contributed by atoms with E-state index in [4.69, 9.17) is 10.6 Å². The van der Waals surface area contributed by atoms with Crippen LogP contribution in [0, 0.1) is 5.41 Å². The molecule has 1 saturated heterocycles. The Bertz CT molecular complexity index is 263. The summed E-state index contributed by atoms with van der Waals surface area (Å²) < 4.78 is 26.0. The zero-order valence-corrected chi connectivity index (χ0v) is 9.09. The molecule has 1 heterocycles.